The maximum Gasteiger partial charge on any atom is 0.254 e. The minimum atomic E-state index is -0.205. The first-order valence-electron chi connectivity index (χ1n) is 13.4. The average molecular weight is 540 g/mol. The number of hydrogen-bond donors (Lipinski definition) is 0. The van der Waals surface area contributed by atoms with Crippen LogP contribution in [0.25, 0.3) is 0 Å². The second kappa shape index (κ2) is 13.5. The number of carbonyl (C=O) groups excluding carboxylic acids is 2. The van der Waals surface area contributed by atoms with Gasteiger partial charge in [0.05, 0.1) is 20.8 Å². The first kappa shape index (κ1) is 28.5. The van der Waals surface area contributed by atoms with Crippen LogP contribution in [-0.4, -0.2) is 53.0 Å². The molecule has 0 radical (unpaired) electrons. The Morgan fingerprint density at radius 1 is 0.775 bits per heavy atom. The molecule has 2 amide bonds. The fourth-order valence-electron chi connectivity index (χ4n) is 4.60. The number of carbonyl (C=O) groups is 2. The van der Waals surface area contributed by atoms with Crippen LogP contribution >= 0.6 is 0 Å². The zero-order chi connectivity index (χ0) is 28.5. The molecule has 7 heteroatoms. The molecule has 0 bridgehead atoms. The van der Waals surface area contributed by atoms with Gasteiger partial charge in [-0.25, -0.2) is 0 Å². The van der Waals surface area contributed by atoms with Gasteiger partial charge in [0.2, 0.25) is 5.91 Å². The van der Waals surface area contributed by atoms with Gasteiger partial charge in [0.25, 0.3) is 5.91 Å². The van der Waals surface area contributed by atoms with Crippen molar-refractivity contribution in [2.75, 3.05) is 20.8 Å². The lowest BCUT2D eigenvalue weighted by molar-refractivity contribution is -0.133. The Hall–Kier alpha value is -4.52. The predicted molar refractivity (Wildman–Crippen MR) is 156 cm³/mol. The van der Waals surface area contributed by atoms with E-state index in [4.69, 9.17) is 9.47 Å². The Morgan fingerprint density at radius 3 is 2.15 bits per heavy atom. The van der Waals surface area contributed by atoms with E-state index in [0.717, 1.165) is 22.6 Å². The molecular formula is C33H37N3O4. The van der Waals surface area contributed by atoms with E-state index in [1.165, 1.54) is 0 Å². The molecule has 7 nitrogen and oxygen atoms in total. The standard InChI is InChI=1S/C33H37N3O4/c1-25(2)36(33(38)28-14-9-17-31(20-28)40-4)24-32(37)35(21-26-11-6-5-7-12-26)23-29-15-10-18-34(29)22-27-13-8-16-30(19-27)39-3/h5-20,25H,21-24H2,1-4H3. The molecule has 0 aliphatic heterocycles. The summed E-state index contributed by atoms with van der Waals surface area (Å²) in [4.78, 5) is 30.8. The topological polar surface area (TPSA) is 64.0 Å². The van der Waals surface area contributed by atoms with E-state index in [9.17, 15) is 9.59 Å². The molecule has 1 heterocycles. The number of ether oxygens (including phenoxy) is 2. The first-order valence-corrected chi connectivity index (χ1v) is 13.4. The summed E-state index contributed by atoms with van der Waals surface area (Å²) in [5, 5.41) is 0. The maximum atomic E-state index is 13.9. The third-order valence-electron chi connectivity index (χ3n) is 6.84. The fraction of sp³-hybridized carbons (Fsp3) is 0.273. The van der Waals surface area contributed by atoms with Crippen molar-refractivity contribution in [3.05, 3.63) is 120 Å². The molecule has 208 valence electrons. The maximum absolute atomic E-state index is 13.9. The predicted octanol–water partition coefficient (Wildman–Crippen LogP) is 5.63. The van der Waals surface area contributed by atoms with E-state index in [-0.39, 0.29) is 24.4 Å². The third-order valence-corrected chi connectivity index (χ3v) is 6.84. The third kappa shape index (κ3) is 7.32. The summed E-state index contributed by atoms with van der Waals surface area (Å²) in [6.45, 7) is 5.31. The van der Waals surface area contributed by atoms with Crippen molar-refractivity contribution in [3.8, 4) is 11.5 Å². The van der Waals surface area contributed by atoms with Crippen LogP contribution in [0.2, 0.25) is 0 Å². The molecular weight excluding hydrogens is 502 g/mol. The molecule has 0 unspecified atom stereocenters. The largest absolute Gasteiger partial charge is 0.497 e. The van der Waals surface area contributed by atoms with Crippen LogP contribution in [0.5, 0.6) is 11.5 Å². The van der Waals surface area contributed by atoms with E-state index in [0.29, 0.717) is 30.9 Å². The number of methoxy groups -OCH3 is 2. The van der Waals surface area contributed by atoms with Gasteiger partial charge in [-0.1, -0.05) is 48.5 Å². The van der Waals surface area contributed by atoms with E-state index in [2.05, 4.69) is 10.6 Å². The Labute approximate surface area is 236 Å². The minimum absolute atomic E-state index is 0.0306. The molecule has 0 spiro atoms. The van der Waals surface area contributed by atoms with Crippen LogP contribution in [0.15, 0.2) is 97.2 Å². The summed E-state index contributed by atoms with van der Waals surface area (Å²) >= 11 is 0. The summed E-state index contributed by atoms with van der Waals surface area (Å²) in [5.74, 6) is 1.08. The summed E-state index contributed by atoms with van der Waals surface area (Å²) in [7, 11) is 3.23. The van der Waals surface area contributed by atoms with Crippen molar-refractivity contribution in [2.45, 2.75) is 39.5 Å². The van der Waals surface area contributed by atoms with Crippen molar-refractivity contribution in [2.24, 2.45) is 0 Å². The van der Waals surface area contributed by atoms with Gasteiger partial charge in [-0.3, -0.25) is 9.59 Å². The smallest absolute Gasteiger partial charge is 0.254 e. The molecule has 3 aromatic carbocycles. The fourth-order valence-corrected chi connectivity index (χ4v) is 4.60. The Morgan fingerprint density at radius 2 is 1.45 bits per heavy atom. The SMILES string of the molecule is COc1cccc(Cn2cccc2CN(Cc2ccccc2)C(=O)CN(C(=O)c2cccc(OC)c2)C(C)C)c1. The van der Waals surface area contributed by atoms with Crippen molar-refractivity contribution in [1.29, 1.82) is 0 Å². The highest BCUT2D eigenvalue weighted by molar-refractivity contribution is 5.97. The van der Waals surface area contributed by atoms with Crippen LogP contribution in [-0.2, 0) is 24.4 Å². The van der Waals surface area contributed by atoms with Gasteiger partial charge in [0, 0.05) is 36.6 Å². The van der Waals surface area contributed by atoms with E-state index < -0.39 is 0 Å². The monoisotopic (exact) mass is 539 g/mol. The number of benzene rings is 3. The van der Waals surface area contributed by atoms with Crippen LogP contribution in [0.3, 0.4) is 0 Å². The summed E-state index contributed by atoms with van der Waals surface area (Å²) < 4.78 is 12.8. The number of nitrogens with zero attached hydrogens (tertiary/aromatic N) is 3. The molecule has 4 aromatic rings. The van der Waals surface area contributed by atoms with Crippen LogP contribution in [0.4, 0.5) is 0 Å². The van der Waals surface area contributed by atoms with Gasteiger partial charge >= 0.3 is 0 Å². The zero-order valence-corrected chi connectivity index (χ0v) is 23.6. The molecule has 40 heavy (non-hydrogen) atoms. The first-order chi connectivity index (χ1) is 19.4. The van der Waals surface area contributed by atoms with E-state index in [1.54, 1.807) is 43.4 Å². The molecule has 0 atom stereocenters. The lowest BCUT2D eigenvalue weighted by Crippen LogP contribution is -2.45. The van der Waals surface area contributed by atoms with Gasteiger partial charge in [-0.15, -0.1) is 0 Å². The summed E-state index contributed by atoms with van der Waals surface area (Å²) in [5.41, 5.74) is 3.62. The number of rotatable bonds is 12. The molecule has 0 N–H and O–H groups in total. The molecule has 0 saturated carbocycles. The molecule has 0 aliphatic rings. The summed E-state index contributed by atoms with van der Waals surface area (Å²) in [6, 6.07) is 28.8. The molecule has 1 aromatic heterocycles. The number of aromatic nitrogens is 1. The highest BCUT2D eigenvalue weighted by Crippen LogP contribution is 2.19. The van der Waals surface area contributed by atoms with Gasteiger partial charge < -0.3 is 23.8 Å². The summed E-state index contributed by atoms with van der Waals surface area (Å²) in [6.07, 6.45) is 2.02. The van der Waals surface area contributed by atoms with Crippen LogP contribution in [0, 0.1) is 0 Å². The quantitative estimate of drug-likeness (QED) is 0.234. The highest BCUT2D eigenvalue weighted by atomic mass is 16.5. The van der Waals surface area contributed by atoms with Gasteiger partial charge in [0.1, 0.15) is 18.0 Å². The molecule has 0 aliphatic carbocycles. The second-order valence-corrected chi connectivity index (χ2v) is 9.97. The highest BCUT2D eigenvalue weighted by Gasteiger charge is 2.25. The average Bonchev–Trinajstić information content (AvgIpc) is 3.41. The van der Waals surface area contributed by atoms with Crippen molar-refractivity contribution in [1.82, 2.24) is 14.4 Å². The van der Waals surface area contributed by atoms with Gasteiger partial charge in [0.15, 0.2) is 0 Å². The number of amides is 2. The van der Waals surface area contributed by atoms with Gasteiger partial charge in [-0.05, 0) is 67.4 Å². The lowest BCUT2D eigenvalue weighted by Gasteiger charge is -2.30. The number of hydrogen-bond acceptors (Lipinski definition) is 4. The molecule has 4 rings (SSSR count). The van der Waals surface area contributed by atoms with E-state index >= 15 is 0 Å². The molecule has 0 saturated heterocycles. The Balaban J connectivity index is 1.57. The van der Waals surface area contributed by atoms with Crippen molar-refractivity contribution in [3.63, 3.8) is 0 Å². The van der Waals surface area contributed by atoms with Crippen molar-refractivity contribution < 1.29 is 19.1 Å². The van der Waals surface area contributed by atoms with Crippen LogP contribution < -0.4 is 9.47 Å². The Kier molecular flexibility index (Phi) is 9.62. The van der Waals surface area contributed by atoms with Crippen LogP contribution in [0.1, 0.15) is 41.0 Å². The molecule has 0 fully saturated rings. The lowest BCUT2D eigenvalue weighted by atomic mass is 10.1. The normalized spacial score (nSPS) is 10.8. The van der Waals surface area contributed by atoms with Gasteiger partial charge in [-0.2, -0.15) is 0 Å². The van der Waals surface area contributed by atoms with Crippen molar-refractivity contribution >= 4 is 11.8 Å². The Bertz CT molecular complexity index is 1410. The second-order valence-electron chi connectivity index (χ2n) is 9.97. The zero-order valence-electron chi connectivity index (χ0n) is 23.6. The van der Waals surface area contributed by atoms with E-state index in [1.807, 2.05) is 85.6 Å². The minimum Gasteiger partial charge on any atom is -0.497 e.